The van der Waals surface area contributed by atoms with E-state index in [0.717, 1.165) is 37.1 Å². The Morgan fingerprint density at radius 2 is 2.05 bits per heavy atom. The smallest absolute Gasteiger partial charge is 0.273 e. The summed E-state index contributed by atoms with van der Waals surface area (Å²) in [6, 6.07) is 0. The molecule has 0 saturated carbocycles. The lowest BCUT2D eigenvalue weighted by Crippen LogP contribution is -2.39. The molecule has 1 rings (SSSR count). The zero-order valence-corrected chi connectivity index (χ0v) is 13.3. The van der Waals surface area contributed by atoms with Crippen molar-refractivity contribution in [1.82, 2.24) is 15.8 Å². The summed E-state index contributed by atoms with van der Waals surface area (Å²) in [6.45, 7) is 9.67. The predicted octanol–water partition coefficient (Wildman–Crippen LogP) is 2.30. The number of hydrogen-bond acceptors (Lipinski definition) is 4. The molecule has 1 aromatic heterocycles. The third kappa shape index (κ3) is 4.63. The van der Waals surface area contributed by atoms with Crippen LogP contribution in [0, 0.1) is 12.3 Å². The SMILES string of the molecule is CCCCc1onc(C(=O)NCC(C)(C)CNC)c1C. The molecule has 2 N–H and O–H groups in total. The quantitative estimate of drug-likeness (QED) is 0.767. The molecule has 0 saturated heterocycles. The Bertz CT molecular complexity index is 438. The van der Waals surface area contributed by atoms with E-state index >= 15 is 0 Å². The molecule has 1 heterocycles. The van der Waals surface area contributed by atoms with Crippen LogP contribution in [0.3, 0.4) is 0 Å². The summed E-state index contributed by atoms with van der Waals surface area (Å²) in [6.07, 6.45) is 2.99. The van der Waals surface area contributed by atoms with E-state index in [4.69, 9.17) is 4.52 Å². The van der Waals surface area contributed by atoms with Gasteiger partial charge in [-0.2, -0.15) is 0 Å². The second-order valence-electron chi connectivity index (χ2n) is 6.06. The maximum Gasteiger partial charge on any atom is 0.273 e. The molecule has 1 amide bonds. The van der Waals surface area contributed by atoms with Crippen LogP contribution in [0.25, 0.3) is 0 Å². The number of carbonyl (C=O) groups excluding carboxylic acids is 1. The normalized spacial score (nSPS) is 11.7. The first kappa shape index (κ1) is 16.7. The minimum atomic E-state index is -0.154. The second kappa shape index (κ2) is 7.43. The third-order valence-corrected chi connectivity index (χ3v) is 3.38. The molecule has 0 aliphatic rings. The topological polar surface area (TPSA) is 67.2 Å². The second-order valence-corrected chi connectivity index (χ2v) is 6.06. The van der Waals surface area contributed by atoms with E-state index in [9.17, 15) is 4.79 Å². The molecule has 1 aromatic rings. The van der Waals surface area contributed by atoms with Crippen molar-refractivity contribution in [2.24, 2.45) is 5.41 Å². The van der Waals surface area contributed by atoms with E-state index in [-0.39, 0.29) is 11.3 Å². The molecule has 5 nitrogen and oxygen atoms in total. The van der Waals surface area contributed by atoms with E-state index in [1.54, 1.807) is 0 Å². The Hall–Kier alpha value is -1.36. The molecule has 0 fully saturated rings. The van der Waals surface area contributed by atoms with Crippen LogP contribution in [0.1, 0.15) is 55.4 Å². The van der Waals surface area contributed by atoms with Gasteiger partial charge < -0.3 is 15.2 Å². The first-order chi connectivity index (χ1) is 9.41. The Morgan fingerprint density at radius 3 is 2.65 bits per heavy atom. The zero-order valence-electron chi connectivity index (χ0n) is 13.3. The number of hydrogen-bond donors (Lipinski definition) is 2. The fourth-order valence-corrected chi connectivity index (χ4v) is 2.10. The minimum absolute atomic E-state index is 0.00703. The van der Waals surface area contributed by atoms with Crippen molar-refractivity contribution in [3.05, 3.63) is 17.0 Å². The van der Waals surface area contributed by atoms with Crippen LogP contribution in [-0.2, 0) is 6.42 Å². The van der Waals surface area contributed by atoms with Gasteiger partial charge in [0.25, 0.3) is 5.91 Å². The highest BCUT2D eigenvalue weighted by atomic mass is 16.5. The lowest BCUT2D eigenvalue weighted by atomic mass is 9.93. The van der Waals surface area contributed by atoms with Gasteiger partial charge in [0.1, 0.15) is 5.76 Å². The van der Waals surface area contributed by atoms with Crippen LogP contribution in [-0.4, -0.2) is 31.2 Å². The van der Waals surface area contributed by atoms with Gasteiger partial charge >= 0.3 is 0 Å². The van der Waals surface area contributed by atoms with Gasteiger partial charge in [0, 0.05) is 25.1 Å². The molecule has 5 heteroatoms. The van der Waals surface area contributed by atoms with Gasteiger partial charge in [-0.15, -0.1) is 0 Å². The maximum atomic E-state index is 12.1. The molecule has 0 bridgehead atoms. The zero-order chi connectivity index (χ0) is 15.2. The van der Waals surface area contributed by atoms with Crippen molar-refractivity contribution in [1.29, 1.82) is 0 Å². The van der Waals surface area contributed by atoms with Gasteiger partial charge in [-0.3, -0.25) is 4.79 Å². The van der Waals surface area contributed by atoms with Crippen molar-refractivity contribution < 1.29 is 9.32 Å². The van der Waals surface area contributed by atoms with Gasteiger partial charge in [0.05, 0.1) is 0 Å². The van der Waals surface area contributed by atoms with Crippen LogP contribution in [0.15, 0.2) is 4.52 Å². The lowest BCUT2D eigenvalue weighted by molar-refractivity contribution is 0.0927. The number of nitrogens with one attached hydrogen (secondary N) is 2. The summed E-state index contributed by atoms with van der Waals surface area (Å²) in [4.78, 5) is 12.1. The number of aromatic nitrogens is 1. The summed E-state index contributed by atoms with van der Waals surface area (Å²) in [5.74, 6) is 0.671. The molecule has 20 heavy (non-hydrogen) atoms. The summed E-state index contributed by atoms with van der Waals surface area (Å²) < 4.78 is 5.27. The van der Waals surface area contributed by atoms with E-state index < -0.39 is 0 Å². The van der Waals surface area contributed by atoms with Crippen molar-refractivity contribution >= 4 is 5.91 Å². The lowest BCUT2D eigenvalue weighted by Gasteiger charge is -2.24. The Kier molecular flexibility index (Phi) is 6.20. The number of nitrogens with zero attached hydrogens (tertiary/aromatic N) is 1. The van der Waals surface area contributed by atoms with E-state index in [1.807, 2.05) is 14.0 Å². The Morgan fingerprint density at radius 1 is 1.35 bits per heavy atom. The molecule has 0 atom stereocenters. The average Bonchev–Trinajstić information content (AvgIpc) is 2.75. The summed E-state index contributed by atoms with van der Waals surface area (Å²) >= 11 is 0. The molecule has 0 unspecified atom stereocenters. The van der Waals surface area contributed by atoms with Crippen molar-refractivity contribution in [3.8, 4) is 0 Å². The van der Waals surface area contributed by atoms with Crippen molar-refractivity contribution in [2.75, 3.05) is 20.1 Å². The van der Waals surface area contributed by atoms with Crippen molar-refractivity contribution in [2.45, 2.75) is 47.0 Å². The predicted molar refractivity (Wildman–Crippen MR) is 79.9 cm³/mol. The van der Waals surface area contributed by atoms with Gasteiger partial charge in [-0.1, -0.05) is 32.3 Å². The fourth-order valence-electron chi connectivity index (χ4n) is 2.10. The summed E-state index contributed by atoms with van der Waals surface area (Å²) in [5.41, 5.74) is 1.28. The Balaban J connectivity index is 2.62. The van der Waals surface area contributed by atoms with Crippen molar-refractivity contribution in [3.63, 3.8) is 0 Å². The van der Waals surface area contributed by atoms with Crippen LogP contribution in [0.5, 0.6) is 0 Å². The maximum absolute atomic E-state index is 12.1. The molecular formula is C15H27N3O2. The molecule has 0 spiro atoms. The fraction of sp³-hybridized carbons (Fsp3) is 0.733. The van der Waals surface area contributed by atoms with Gasteiger partial charge in [-0.05, 0) is 25.8 Å². The van der Waals surface area contributed by atoms with Gasteiger partial charge in [-0.25, -0.2) is 0 Å². The highest BCUT2D eigenvalue weighted by molar-refractivity contribution is 5.93. The largest absolute Gasteiger partial charge is 0.360 e. The number of aryl methyl sites for hydroxylation is 1. The molecule has 114 valence electrons. The Labute approximate surface area is 121 Å². The molecule has 0 aromatic carbocycles. The highest BCUT2D eigenvalue weighted by Crippen LogP contribution is 2.16. The molecule has 0 radical (unpaired) electrons. The van der Waals surface area contributed by atoms with E-state index in [2.05, 4.69) is 36.6 Å². The van der Waals surface area contributed by atoms with E-state index in [1.165, 1.54) is 0 Å². The van der Waals surface area contributed by atoms with Gasteiger partial charge in [0.2, 0.25) is 0 Å². The van der Waals surface area contributed by atoms with Crippen LogP contribution in [0.4, 0.5) is 0 Å². The van der Waals surface area contributed by atoms with Crippen LogP contribution in [0.2, 0.25) is 0 Å². The first-order valence-electron chi connectivity index (χ1n) is 7.29. The average molecular weight is 281 g/mol. The third-order valence-electron chi connectivity index (χ3n) is 3.38. The number of amides is 1. The number of unbranched alkanes of at least 4 members (excludes halogenated alkanes) is 1. The molecular weight excluding hydrogens is 254 g/mol. The number of rotatable bonds is 8. The highest BCUT2D eigenvalue weighted by Gasteiger charge is 2.22. The van der Waals surface area contributed by atoms with E-state index in [0.29, 0.717) is 12.2 Å². The van der Waals surface area contributed by atoms with Gasteiger partial charge in [0.15, 0.2) is 5.69 Å². The summed E-state index contributed by atoms with van der Waals surface area (Å²) in [5, 5.41) is 9.97. The summed E-state index contributed by atoms with van der Waals surface area (Å²) in [7, 11) is 1.91. The van der Waals surface area contributed by atoms with Crippen LogP contribution >= 0.6 is 0 Å². The molecule has 0 aliphatic heterocycles. The van der Waals surface area contributed by atoms with Crippen LogP contribution < -0.4 is 10.6 Å². The monoisotopic (exact) mass is 281 g/mol. The first-order valence-corrected chi connectivity index (χ1v) is 7.29. The molecule has 0 aliphatic carbocycles. The number of carbonyl (C=O) groups is 1. The minimum Gasteiger partial charge on any atom is -0.360 e. The standard InChI is InChI=1S/C15H27N3O2/c1-6-7-8-12-11(2)13(18-20-12)14(19)17-10-15(3,4)9-16-5/h16H,6-10H2,1-5H3,(H,17,19).